The van der Waals surface area contributed by atoms with Gasteiger partial charge in [0.2, 0.25) is 0 Å². The van der Waals surface area contributed by atoms with Gasteiger partial charge in [-0.3, -0.25) is 37.3 Å². The molecule has 3 N–H and O–H groups in total. The van der Waals surface area contributed by atoms with Gasteiger partial charge in [-0.1, -0.05) is 282 Å². The molecule has 0 aliphatic carbocycles. The second kappa shape index (κ2) is 79.8. The number of esters is 4. The van der Waals surface area contributed by atoms with Gasteiger partial charge in [0.05, 0.1) is 26.4 Å². The van der Waals surface area contributed by atoms with E-state index in [0.717, 1.165) is 180 Å². The number of phosphoric ester groups is 2. The molecular weight excluding hydrogens is 1400 g/mol. The van der Waals surface area contributed by atoms with E-state index in [9.17, 15) is 43.2 Å². The average Bonchev–Trinajstić information content (AvgIpc) is 0.923. The molecule has 0 aromatic carbocycles. The molecule has 0 spiro atoms. The summed E-state index contributed by atoms with van der Waals surface area (Å²) in [7, 11) is -10.0. The fourth-order valence-electron chi connectivity index (χ4n) is 10.7. The Bertz CT molecular complexity index is 2660. The summed E-state index contributed by atoms with van der Waals surface area (Å²) in [5, 5.41) is 10.7. The van der Waals surface area contributed by atoms with E-state index in [1.165, 1.54) is 57.8 Å². The van der Waals surface area contributed by atoms with E-state index < -0.39 is 97.5 Å². The van der Waals surface area contributed by atoms with Crippen LogP contribution in [0.4, 0.5) is 0 Å². The SMILES string of the molecule is CC/C=C\C/C=C\C/C=C\C/C=C\C/C=C\CCCCCC(=O)OCC(COP(=O)(O)OCC(O)COP(=O)(O)OCC(COC(=O)CCCCCCCC/C=C\C/C=C\C/C=C\CCCCC)OC(=O)CCCCCCC/C=C\CCCCCCCC)OC(=O)CCCC/C=C\C/C=C\C/C=C\C/C=C\CC. The number of hydrogen-bond donors (Lipinski definition) is 3. The van der Waals surface area contributed by atoms with Gasteiger partial charge in [-0.15, -0.1) is 0 Å². The van der Waals surface area contributed by atoms with E-state index >= 15 is 0 Å². The molecule has 5 atom stereocenters. The largest absolute Gasteiger partial charge is 0.472 e. The Kier molecular flexibility index (Phi) is 75.8. The Balaban J connectivity index is 5.45. The maximum absolute atomic E-state index is 13.1. The summed E-state index contributed by atoms with van der Waals surface area (Å²) >= 11 is 0. The Labute approximate surface area is 655 Å². The fraction of sp³-hybridized carbons (Fsp3) is 0.663. The highest BCUT2D eigenvalue weighted by Crippen LogP contribution is 2.45. The highest BCUT2D eigenvalue weighted by Gasteiger charge is 2.30. The molecular formula is C89H148O17P2. The van der Waals surface area contributed by atoms with Crippen LogP contribution in [0.3, 0.4) is 0 Å². The zero-order valence-electron chi connectivity index (χ0n) is 67.5. The molecule has 19 heteroatoms. The summed E-state index contributed by atoms with van der Waals surface area (Å²) in [6.45, 7) is 4.52. The standard InChI is InChI=1S/C89H148O17P2/c1-5-9-13-17-21-25-29-33-37-39-41-43-47-49-53-57-61-65-69-73-86(91)99-79-84(105-88(93)75-71-67-63-59-55-51-45-35-31-27-23-19-15-11-7-3)81-103-107(95,96)101-77-83(90)78-102-108(97,98)104-82-85(106-89(94)76-72-68-64-60-56-52-46-36-32-28-24-20-16-12-8-4)80-100-87(92)74-70-66-62-58-54-50-48-44-42-40-38-34-30-26-22-18-14-10-6-2/h9,11,13,15,21-23,25-27,33-38,41-46,49,53,55,59,83-85,90H,5-8,10,12,14,16-20,24,28-32,39-40,47-48,50-52,54,56-58,60-82H2,1-4H3,(H,95,96)(H,97,98)/b13-9-,15-11-,25-21-,26-22-,27-23-,37-33-,38-34-,43-41-,44-42-,45-35-,46-36-,53-49-,59-55-. The first-order valence-corrected chi connectivity index (χ1v) is 44.7. The molecule has 616 valence electrons. The van der Waals surface area contributed by atoms with Crippen LogP contribution in [-0.2, 0) is 65.4 Å². The number of hydrogen-bond acceptors (Lipinski definition) is 15. The highest BCUT2D eigenvalue weighted by molar-refractivity contribution is 7.47. The van der Waals surface area contributed by atoms with Gasteiger partial charge in [0.1, 0.15) is 19.3 Å². The lowest BCUT2D eigenvalue weighted by atomic mass is 10.1. The summed E-state index contributed by atoms with van der Waals surface area (Å²) in [6, 6.07) is 0. The van der Waals surface area contributed by atoms with Gasteiger partial charge < -0.3 is 33.8 Å². The van der Waals surface area contributed by atoms with Crippen molar-refractivity contribution in [2.45, 2.75) is 341 Å². The van der Waals surface area contributed by atoms with Crippen molar-refractivity contribution in [1.82, 2.24) is 0 Å². The third kappa shape index (κ3) is 78.8. The molecule has 0 amide bonds. The summed E-state index contributed by atoms with van der Waals surface area (Å²) in [5.41, 5.74) is 0. The van der Waals surface area contributed by atoms with Crippen molar-refractivity contribution in [3.8, 4) is 0 Å². The minimum atomic E-state index is -5.01. The second-order valence-corrected chi connectivity index (χ2v) is 30.2. The second-order valence-electron chi connectivity index (χ2n) is 27.3. The topological polar surface area (TPSA) is 237 Å². The molecule has 108 heavy (non-hydrogen) atoms. The van der Waals surface area contributed by atoms with Crippen molar-refractivity contribution in [2.24, 2.45) is 0 Å². The molecule has 0 heterocycles. The molecule has 0 bridgehead atoms. The Morgan fingerprint density at radius 2 is 0.481 bits per heavy atom. The van der Waals surface area contributed by atoms with Gasteiger partial charge in [0.15, 0.2) is 12.2 Å². The van der Waals surface area contributed by atoms with E-state index in [-0.39, 0.29) is 25.7 Å². The van der Waals surface area contributed by atoms with Crippen LogP contribution in [0.5, 0.6) is 0 Å². The van der Waals surface area contributed by atoms with Gasteiger partial charge in [0, 0.05) is 25.7 Å². The number of aliphatic hydroxyl groups excluding tert-OH is 1. The molecule has 0 aromatic heterocycles. The third-order valence-electron chi connectivity index (χ3n) is 17.0. The van der Waals surface area contributed by atoms with Crippen LogP contribution in [0.2, 0.25) is 0 Å². The van der Waals surface area contributed by atoms with Crippen LogP contribution < -0.4 is 0 Å². The Morgan fingerprint density at radius 3 is 0.796 bits per heavy atom. The number of rotatable bonds is 77. The number of ether oxygens (including phenoxy) is 4. The fourth-order valence-corrected chi connectivity index (χ4v) is 12.2. The Hall–Kier alpha value is -5.32. The number of allylic oxidation sites excluding steroid dienone is 26. The first kappa shape index (κ1) is 103. The summed E-state index contributed by atoms with van der Waals surface area (Å²) < 4.78 is 68.7. The predicted octanol–water partition coefficient (Wildman–Crippen LogP) is 24.8. The molecule has 0 saturated carbocycles. The molecule has 0 aromatic rings. The number of carbonyl (C=O) groups is 4. The quantitative estimate of drug-likeness (QED) is 0.0169. The van der Waals surface area contributed by atoms with Crippen LogP contribution >= 0.6 is 15.6 Å². The summed E-state index contributed by atoms with van der Waals surface area (Å²) in [4.78, 5) is 73.2. The van der Waals surface area contributed by atoms with Crippen LogP contribution in [0.25, 0.3) is 0 Å². The number of aliphatic hydroxyl groups is 1. The lowest BCUT2D eigenvalue weighted by Crippen LogP contribution is -2.30. The lowest BCUT2D eigenvalue weighted by Gasteiger charge is -2.21. The number of unbranched alkanes of at least 4 members (excludes halogenated alkanes) is 25. The minimum Gasteiger partial charge on any atom is -0.462 e. The van der Waals surface area contributed by atoms with Crippen molar-refractivity contribution < 1.29 is 80.2 Å². The van der Waals surface area contributed by atoms with E-state index in [0.29, 0.717) is 32.1 Å². The summed E-state index contributed by atoms with van der Waals surface area (Å²) in [6.07, 6.45) is 93.6. The van der Waals surface area contributed by atoms with Gasteiger partial charge in [-0.25, -0.2) is 9.13 Å². The first-order chi connectivity index (χ1) is 52.7. The van der Waals surface area contributed by atoms with Crippen molar-refractivity contribution in [1.29, 1.82) is 0 Å². The van der Waals surface area contributed by atoms with Gasteiger partial charge in [-0.05, 0) is 173 Å². The molecule has 0 fully saturated rings. The van der Waals surface area contributed by atoms with Crippen LogP contribution in [-0.4, -0.2) is 96.7 Å². The molecule has 0 aliphatic heterocycles. The molecule has 0 rings (SSSR count). The van der Waals surface area contributed by atoms with Crippen molar-refractivity contribution in [3.05, 3.63) is 158 Å². The van der Waals surface area contributed by atoms with Crippen molar-refractivity contribution in [2.75, 3.05) is 39.6 Å². The highest BCUT2D eigenvalue weighted by atomic mass is 31.2. The van der Waals surface area contributed by atoms with Gasteiger partial charge in [-0.2, -0.15) is 0 Å². The van der Waals surface area contributed by atoms with Crippen molar-refractivity contribution >= 4 is 39.5 Å². The number of phosphoric acid groups is 2. The smallest absolute Gasteiger partial charge is 0.462 e. The number of carbonyl (C=O) groups excluding carboxylic acids is 4. The molecule has 5 unspecified atom stereocenters. The van der Waals surface area contributed by atoms with Crippen LogP contribution in [0, 0.1) is 0 Å². The molecule has 0 aliphatic rings. The van der Waals surface area contributed by atoms with Gasteiger partial charge >= 0.3 is 39.5 Å². The minimum absolute atomic E-state index is 0.0295. The first-order valence-electron chi connectivity index (χ1n) is 41.7. The normalized spacial score (nSPS) is 14.6. The zero-order chi connectivity index (χ0) is 78.9. The van der Waals surface area contributed by atoms with E-state index in [1.807, 2.05) is 0 Å². The average molecular weight is 1550 g/mol. The Morgan fingerprint density at radius 1 is 0.269 bits per heavy atom. The third-order valence-corrected chi connectivity index (χ3v) is 18.9. The molecule has 17 nitrogen and oxygen atoms in total. The molecule has 0 saturated heterocycles. The van der Waals surface area contributed by atoms with E-state index in [2.05, 4.69) is 186 Å². The van der Waals surface area contributed by atoms with Crippen molar-refractivity contribution in [3.63, 3.8) is 0 Å². The van der Waals surface area contributed by atoms with Crippen LogP contribution in [0.1, 0.15) is 323 Å². The van der Waals surface area contributed by atoms with E-state index in [4.69, 9.17) is 37.0 Å². The van der Waals surface area contributed by atoms with Crippen LogP contribution in [0.15, 0.2) is 158 Å². The molecule has 0 radical (unpaired) electrons. The van der Waals surface area contributed by atoms with Gasteiger partial charge in [0.25, 0.3) is 0 Å². The predicted molar refractivity (Wildman–Crippen MR) is 445 cm³/mol. The monoisotopic (exact) mass is 1550 g/mol. The lowest BCUT2D eigenvalue weighted by molar-refractivity contribution is -0.161. The summed E-state index contributed by atoms with van der Waals surface area (Å²) in [5.74, 6) is -2.29. The maximum atomic E-state index is 13.1. The zero-order valence-corrected chi connectivity index (χ0v) is 69.3. The maximum Gasteiger partial charge on any atom is 0.472 e. The van der Waals surface area contributed by atoms with E-state index in [1.54, 1.807) is 0 Å².